The normalized spacial score (nSPS) is 11.7. The van der Waals surface area contributed by atoms with Crippen LogP contribution in [0.2, 0.25) is 5.02 Å². The van der Waals surface area contributed by atoms with Crippen LogP contribution in [-0.4, -0.2) is 41.2 Å². The number of carbonyl (C=O) groups excluding carboxylic acids is 1. The molecular formula is C18H16ClN3O6S. The van der Waals surface area contributed by atoms with Crippen LogP contribution in [0.25, 0.3) is 22.0 Å². The number of nitrogens with one attached hydrogen (secondary N) is 1. The maximum atomic E-state index is 12.8. The molecule has 0 unspecified atom stereocenters. The zero-order valence-corrected chi connectivity index (χ0v) is 16.6. The Balaban J connectivity index is 2.61. The molecule has 0 bridgehead atoms. The molecule has 0 aliphatic rings. The third-order valence-electron chi connectivity index (χ3n) is 4.51. The van der Waals surface area contributed by atoms with Crippen molar-refractivity contribution in [1.82, 2.24) is 4.98 Å². The number of hydrogen-bond donors (Lipinski definition) is 5. The molecule has 3 rings (SSSR count). The summed E-state index contributed by atoms with van der Waals surface area (Å²) in [6.45, 7) is 1.37. The molecule has 7 N–H and O–H groups in total. The number of carboxylic acid groups (broad SMARTS) is 1. The van der Waals surface area contributed by atoms with E-state index in [1.807, 2.05) is 0 Å². The molecule has 0 aliphatic heterocycles. The van der Waals surface area contributed by atoms with Gasteiger partial charge in [-0.05, 0) is 24.3 Å². The van der Waals surface area contributed by atoms with Crippen LogP contribution in [0.3, 0.4) is 0 Å². The van der Waals surface area contributed by atoms with Crippen LogP contribution in [0.5, 0.6) is 5.75 Å². The minimum atomic E-state index is -4.01. The Labute approximate surface area is 169 Å². The van der Waals surface area contributed by atoms with Gasteiger partial charge in [0.2, 0.25) is 0 Å². The summed E-state index contributed by atoms with van der Waals surface area (Å²) in [7, 11) is -4.01. The van der Waals surface area contributed by atoms with Gasteiger partial charge in [0.1, 0.15) is 5.69 Å². The van der Waals surface area contributed by atoms with Crippen molar-refractivity contribution in [3.8, 4) is 16.9 Å². The number of phenols is 1. The molecule has 1 aromatic heterocycles. The standard InChI is InChI=1S/C18H16ClN3O6S/c1-2-29(27,28)11-6-9(17(21)24)16(23)14(20)13(11)12-8-5-7(19)3-4-10(8)22-15(12)18(25)26/h3-6,22-23H,2,20H2,1H3,(H2,21,24)(H,25,26). The molecule has 11 heteroatoms. The molecule has 3 aromatic rings. The zero-order valence-electron chi connectivity index (χ0n) is 15.0. The summed E-state index contributed by atoms with van der Waals surface area (Å²) >= 11 is 6.04. The highest BCUT2D eigenvalue weighted by Crippen LogP contribution is 2.45. The molecule has 0 aliphatic carbocycles. The van der Waals surface area contributed by atoms with Crippen molar-refractivity contribution < 1.29 is 28.2 Å². The number of nitrogen functional groups attached to an aromatic ring is 1. The second-order valence-corrected chi connectivity index (χ2v) is 8.88. The Hall–Kier alpha value is -3.24. The maximum absolute atomic E-state index is 12.8. The van der Waals surface area contributed by atoms with Crippen LogP contribution in [0.1, 0.15) is 27.8 Å². The van der Waals surface area contributed by atoms with Crippen molar-refractivity contribution >= 4 is 49.9 Å². The van der Waals surface area contributed by atoms with Crippen LogP contribution in [-0.2, 0) is 9.84 Å². The lowest BCUT2D eigenvalue weighted by molar-refractivity contribution is 0.0692. The van der Waals surface area contributed by atoms with Crippen molar-refractivity contribution in [3.63, 3.8) is 0 Å². The summed E-state index contributed by atoms with van der Waals surface area (Å²) in [5, 5.41) is 20.6. The number of anilines is 1. The molecule has 0 spiro atoms. The van der Waals surface area contributed by atoms with Gasteiger partial charge in [0.05, 0.1) is 21.9 Å². The number of aromatic amines is 1. The van der Waals surface area contributed by atoms with Gasteiger partial charge in [-0.25, -0.2) is 13.2 Å². The maximum Gasteiger partial charge on any atom is 0.352 e. The highest BCUT2D eigenvalue weighted by molar-refractivity contribution is 7.91. The van der Waals surface area contributed by atoms with Crippen molar-refractivity contribution in [3.05, 3.63) is 40.5 Å². The van der Waals surface area contributed by atoms with E-state index in [1.54, 1.807) is 0 Å². The molecule has 2 aromatic carbocycles. The molecule has 1 heterocycles. The van der Waals surface area contributed by atoms with E-state index in [9.17, 15) is 28.2 Å². The third-order valence-corrected chi connectivity index (χ3v) is 6.49. The van der Waals surface area contributed by atoms with E-state index in [1.165, 1.54) is 25.1 Å². The van der Waals surface area contributed by atoms with Crippen molar-refractivity contribution in [2.45, 2.75) is 11.8 Å². The number of halogens is 1. The molecule has 9 nitrogen and oxygen atoms in total. The van der Waals surface area contributed by atoms with Gasteiger partial charge in [0, 0.05) is 27.1 Å². The van der Waals surface area contributed by atoms with Crippen molar-refractivity contribution in [2.75, 3.05) is 11.5 Å². The van der Waals surface area contributed by atoms with Crippen molar-refractivity contribution in [1.29, 1.82) is 0 Å². The summed E-state index contributed by atoms with van der Waals surface area (Å²) in [6.07, 6.45) is 0. The SMILES string of the molecule is CCS(=O)(=O)c1cc(C(N)=O)c(O)c(N)c1-c1c(C(=O)O)[nH]c2ccc(Cl)cc12. The van der Waals surface area contributed by atoms with E-state index in [2.05, 4.69) is 4.98 Å². The fraction of sp³-hybridized carbons (Fsp3) is 0.111. The summed E-state index contributed by atoms with van der Waals surface area (Å²) < 4.78 is 25.5. The topological polar surface area (TPSA) is 177 Å². The van der Waals surface area contributed by atoms with Crippen molar-refractivity contribution in [2.24, 2.45) is 5.73 Å². The monoisotopic (exact) mass is 437 g/mol. The lowest BCUT2D eigenvalue weighted by Gasteiger charge is -2.16. The highest BCUT2D eigenvalue weighted by atomic mass is 35.5. The molecule has 29 heavy (non-hydrogen) atoms. The first kappa shape index (κ1) is 20.5. The first-order valence-corrected chi connectivity index (χ1v) is 10.3. The van der Waals surface area contributed by atoms with Crippen LogP contribution >= 0.6 is 11.6 Å². The number of carboxylic acids is 1. The fourth-order valence-electron chi connectivity index (χ4n) is 3.10. The largest absolute Gasteiger partial charge is 0.505 e. The Kier molecular flexibility index (Phi) is 4.93. The van der Waals surface area contributed by atoms with Gasteiger partial charge >= 0.3 is 5.97 Å². The highest BCUT2D eigenvalue weighted by Gasteiger charge is 2.30. The predicted octanol–water partition coefficient (Wildman–Crippen LogP) is 2.37. The quantitative estimate of drug-likeness (QED) is 0.300. The number of aromatic nitrogens is 1. The average Bonchev–Trinajstić information content (AvgIpc) is 3.01. The van der Waals surface area contributed by atoms with E-state index in [4.69, 9.17) is 23.1 Å². The number of fused-ring (bicyclic) bond motifs is 1. The van der Waals surface area contributed by atoms with E-state index >= 15 is 0 Å². The number of hydrogen-bond acceptors (Lipinski definition) is 6. The Bertz CT molecular complexity index is 1300. The number of aromatic hydroxyl groups is 1. The van der Waals surface area contributed by atoms with Gasteiger partial charge in [-0.15, -0.1) is 0 Å². The van der Waals surface area contributed by atoms with E-state index in [0.717, 1.165) is 6.07 Å². The molecular weight excluding hydrogens is 422 g/mol. The number of carbonyl (C=O) groups is 2. The smallest absolute Gasteiger partial charge is 0.352 e. The summed E-state index contributed by atoms with van der Waals surface area (Å²) in [5.41, 5.74) is 9.93. The minimum absolute atomic E-state index is 0.0779. The number of sulfone groups is 1. The number of amides is 1. The first-order valence-electron chi connectivity index (χ1n) is 8.22. The Morgan fingerprint density at radius 3 is 2.41 bits per heavy atom. The number of benzene rings is 2. The minimum Gasteiger partial charge on any atom is -0.505 e. The number of nitrogens with two attached hydrogens (primary N) is 2. The second-order valence-electron chi connectivity index (χ2n) is 6.20. The lowest BCUT2D eigenvalue weighted by Crippen LogP contribution is -2.16. The molecule has 1 amide bonds. The second kappa shape index (κ2) is 6.98. The summed E-state index contributed by atoms with van der Waals surface area (Å²) in [4.78, 5) is 25.8. The van der Waals surface area contributed by atoms with Crippen LogP contribution in [0, 0.1) is 0 Å². The lowest BCUT2D eigenvalue weighted by atomic mass is 9.97. The fourth-order valence-corrected chi connectivity index (χ4v) is 4.40. The van der Waals surface area contributed by atoms with Crippen LogP contribution < -0.4 is 11.5 Å². The van der Waals surface area contributed by atoms with Gasteiger partial charge in [0.25, 0.3) is 5.91 Å². The van der Waals surface area contributed by atoms with Crippen LogP contribution in [0.15, 0.2) is 29.2 Å². The number of primary amides is 1. The van der Waals surface area contributed by atoms with Gasteiger partial charge in [-0.1, -0.05) is 18.5 Å². The molecule has 152 valence electrons. The number of aromatic carboxylic acids is 1. The zero-order chi connectivity index (χ0) is 21.7. The van der Waals surface area contributed by atoms with Gasteiger partial charge in [-0.3, -0.25) is 4.79 Å². The predicted molar refractivity (Wildman–Crippen MR) is 108 cm³/mol. The molecule has 0 fully saturated rings. The Morgan fingerprint density at radius 1 is 1.21 bits per heavy atom. The summed E-state index contributed by atoms with van der Waals surface area (Å²) in [5.74, 6) is -3.58. The van der Waals surface area contributed by atoms with E-state index in [0.29, 0.717) is 5.52 Å². The number of rotatable bonds is 5. The first-order chi connectivity index (χ1) is 13.5. The van der Waals surface area contributed by atoms with Gasteiger partial charge in [0.15, 0.2) is 15.6 Å². The Morgan fingerprint density at radius 2 is 1.86 bits per heavy atom. The van der Waals surface area contributed by atoms with E-state index < -0.39 is 43.6 Å². The average molecular weight is 438 g/mol. The van der Waals surface area contributed by atoms with Gasteiger partial charge in [-0.2, -0.15) is 0 Å². The molecule has 0 saturated carbocycles. The van der Waals surface area contributed by atoms with Crippen LogP contribution in [0.4, 0.5) is 5.69 Å². The number of H-pyrrole nitrogens is 1. The van der Waals surface area contributed by atoms with Gasteiger partial charge < -0.3 is 26.7 Å². The molecule has 0 radical (unpaired) electrons. The molecule has 0 atom stereocenters. The molecule has 0 saturated heterocycles. The van der Waals surface area contributed by atoms with E-state index in [-0.39, 0.29) is 33.0 Å². The third kappa shape index (κ3) is 3.26. The summed E-state index contributed by atoms with van der Waals surface area (Å²) in [6, 6.07) is 5.39.